The van der Waals surface area contributed by atoms with Crippen LogP contribution in [-0.2, 0) is 10.0 Å². The van der Waals surface area contributed by atoms with Gasteiger partial charge in [0.05, 0.1) is 10.5 Å². The first-order chi connectivity index (χ1) is 19.6. The van der Waals surface area contributed by atoms with Crippen molar-refractivity contribution in [3.8, 4) is 11.7 Å². The van der Waals surface area contributed by atoms with Crippen LogP contribution in [0.1, 0.15) is 62.4 Å². The van der Waals surface area contributed by atoms with Crippen LogP contribution in [0.2, 0.25) is 0 Å². The second-order valence-corrected chi connectivity index (χ2v) is 13.6. The Hall–Kier alpha value is -3.26. The van der Waals surface area contributed by atoms with Gasteiger partial charge in [-0.25, -0.2) is 22.8 Å². The summed E-state index contributed by atoms with van der Waals surface area (Å²) in [7, 11) is -4.16. The van der Waals surface area contributed by atoms with Gasteiger partial charge in [0.1, 0.15) is 17.8 Å². The Labute approximate surface area is 256 Å². The summed E-state index contributed by atoms with van der Waals surface area (Å²) in [6, 6.07) is 10.8. The molecule has 1 aliphatic carbocycles. The molecule has 0 radical (unpaired) electrons. The quantitative estimate of drug-likeness (QED) is 0.345. The Morgan fingerprint density at radius 3 is 2.42 bits per heavy atom. The third-order valence-electron chi connectivity index (χ3n) is 8.25. The van der Waals surface area contributed by atoms with E-state index in [9.17, 15) is 26.4 Å². The Morgan fingerprint density at radius 1 is 1.14 bits per heavy atom. The summed E-state index contributed by atoms with van der Waals surface area (Å²) in [6.07, 6.45) is -1.47. The first kappa shape index (κ1) is 32.6. The van der Waals surface area contributed by atoms with E-state index in [-0.39, 0.29) is 60.0 Å². The smallest absolute Gasteiger partial charge is 0.397 e. The Bertz CT molecular complexity index is 1600. The Morgan fingerprint density at radius 2 is 1.84 bits per heavy atom. The molecule has 1 amide bonds. The largest absolute Gasteiger partial charge is 0.476 e. The third-order valence-corrected chi connectivity index (χ3v) is 9.74. The fourth-order valence-corrected chi connectivity index (χ4v) is 7.05. The molecule has 1 N–H and O–H groups in total. The number of nitrogens with zero attached hydrogens (tertiary/aromatic N) is 4. The van der Waals surface area contributed by atoms with E-state index in [2.05, 4.69) is 16.7 Å². The van der Waals surface area contributed by atoms with Crippen molar-refractivity contribution in [3.63, 3.8) is 0 Å². The zero-order valence-electron chi connectivity index (χ0n) is 24.4. The summed E-state index contributed by atoms with van der Waals surface area (Å²) < 4.78 is 75.8. The number of hydrogen-bond acceptors (Lipinski definition) is 7. The normalized spacial score (nSPS) is 19.3. The summed E-state index contributed by atoms with van der Waals surface area (Å²) in [5.74, 6) is 0.0555. The SMILES string of the molecule is Cc1ccccc1S(=O)(=O)NC(=O)c1ccc(-n2ccc(OCC3(C(F)(F)F)CCC3)n2)nc1N1C[C@@H](C)CC1(C)C.S. The van der Waals surface area contributed by atoms with Gasteiger partial charge in [0.25, 0.3) is 15.9 Å². The van der Waals surface area contributed by atoms with Crippen LogP contribution in [0.3, 0.4) is 0 Å². The van der Waals surface area contributed by atoms with Gasteiger partial charge >= 0.3 is 6.18 Å². The van der Waals surface area contributed by atoms with Crippen LogP contribution in [-0.4, -0.2) is 54.0 Å². The number of ether oxygens (including phenoxy) is 1. The van der Waals surface area contributed by atoms with Crippen LogP contribution < -0.4 is 14.4 Å². The number of anilines is 1. The summed E-state index contributed by atoms with van der Waals surface area (Å²) in [4.78, 5) is 20.2. The van der Waals surface area contributed by atoms with Crippen molar-refractivity contribution in [3.05, 3.63) is 59.8 Å². The number of carbonyl (C=O) groups is 1. The second-order valence-electron chi connectivity index (χ2n) is 12.0. The Balaban J connectivity index is 0.00000423. The van der Waals surface area contributed by atoms with E-state index >= 15 is 0 Å². The number of sulfonamides is 1. The molecule has 5 rings (SSSR count). The minimum atomic E-state index is -4.35. The van der Waals surface area contributed by atoms with Gasteiger partial charge in [-0.1, -0.05) is 31.5 Å². The summed E-state index contributed by atoms with van der Waals surface area (Å²) in [6.45, 7) is 7.84. The van der Waals surface area contributed by atoms with Crippen molar-refractivity contribution < 1.29 is 31.1 Å². The lowest BCUT2D eigenvalue weighted by Crippen LogP contribution is -2.48. The molecule has 3 aromatic rings. The predicted octanol–water partition coefficient (Wildman–Crippen LogP) is 5.54. The van der Waals surface area contributed by atoms with Crippen LogP contribution in [0.25, 0.3) is 5.82 Å². The number of benzene rings is 1. The Kier molecular flexibility index (Phi) is 8.87. The summed E-state index contributed by atoms with van der Waals surface area (Å²) >= 11 is 0. The molecule has 0 unspecified atom stereocenters. The van der Waals surface area contributed by atoms with Crippen LogP contribution in [0.4, 0.5) is 19.0 Å². The van der Waals surface area contributed by atoms with Crippen molar-refractivity contribution in [2.24, 2.45) is 11.3 Å². The van der Waals surface area contributed by atoms with Crippen molar-refractivity contribution >= 4 is 35.2 Å². The van der Waals surface area contributed by atoms with Gasteiger partial charge in [0, 0.05) is 24.3 Å². The number of amides is 1. The standard InChI is InChI=1S/C29H34F3N5O4S.H2S/c1-19-16-27(3,4)36(17-19)25-21(26(38)35-42(39,40)22-9-6-5-8-20(22)2)10-11-23(33-25)37-15-12-24(34-37)41-18-28(13-7-14-28)29(30,31)32;/h5-6,8-12,15,19H,7,13-14,16-18H2,1-4H3,(H,35,38);1H2/t19-;/m0./s1. The van der Waals surface area contributed by atoms with E-state index in [1.165, 1.54) is 35.1 Å². The van der Waals surface area contributed by atoms with Gasteiger partial charge in [0.2, 0.25) is 5.88 Å². The minimum Gasteiger partial charge on any atom is -0.476 e. The van der Waals surface area contributed by atoms with Gasteiger partial charge in [-0.3, -0.25) is 4.79 Å². The number of nitrogens with one attached hydrogen (secondary N) is 1. The molecular weight excluding hydrogens is 603 g/mol. The molecule has 3 heterocycles. The first-order valence-corrected chi connectivity index (χ1v) is 15.3. The monoisotopic (exact) mass is 639 g/mol. The lowest BCUT2D eigenvalue weighted by molar-refractivity contribution is -0.259. The fraction of sp³-hybridized carbons (Fsp3) is 0.483. The van der Waals surface area contributed by atoms with E-state index < -0.39 is 34.1 Å². The molecule has 2 fully saturated rings. The molecule has 0 bridgehead atoms. The van der Waals surface area contributed by atoms with E-state index in [4.69, 9.17) is 9.72 Å². The number of alkyl halides is 3. The topological polar surface area (TPSA) is 106 Å². The molecule has 2 aliphatic rings. The maximum Gasteiger partial charge on any atom is 0.397 e. The van der Waals surface area contributed by atoms with Crippen LogP contribution >= 0.6 is 13.5 Å². The number of aryl methyl sites for hydroxylation is 1. The zero-order chi connectivity index (χ0) is 30.5. The van der Waals surface area contributed by atoms with Crippen molar-refractivity contribution in [1.29, 1.82) is 0 Å². The number of carbonyl (C=O) groups excluding carboxylic acids is 1. The first-order valence-electron chi connectivity index (χ1n) is 13.8. The highest BCUT2D eigenvalue weighted by atomic mass is 32.2. The van der Waals surface area contributed by atoms with Crippen molar-refractivity contribution in [2.75, 3.05) is 18.1 Å². The van der Waals surface area contributed by atoms with E-state index in [0.29, 0.717) is 24.3 Å². The van der Waals surface area contributed by atoms with E-state index in [1.54, 1.807) is 25.1 Å². The van der Waals surface area contributed by atoms with Crippen LogP contribution in [0, 0.1) is 18.3 Å². The molecular formula is C29H36F3N5O4S2. The van der Waals surface area contributed by atoms with Crippen molar-refractivity contribution in [2.45, 2.75) is 70.0 Å². The minimum absolute atomic E-state index is 0. The molecule has 1 aliphatic heterocycles. The van der Waals surface area contributed by atoms with Gasteiger partial charge in [-0.15, -0.1) is 5.10 Å². The molecule has 1 aromatic carbocycles. The lowest BCUT2D eigenvalue weighted by Gasteiger charge is -2.42. The predicted molar refractivity (Wildman–Crippen MR) is 161 cm³/mol. The zero-order valence-corrected chi connectivity index (χ0v) is 26.2. The number of aromatic nitrogens is 3. The highest BCUT2D eigenvalue weighted by molar-refractivity contribution is 7.90. The molecule has 0 spiro atoms. The molecule has 1 atom stereocenters. The molecule has 234 valence electrons. The molecule has 14 heteroatoms. The van der Waals surface area contributed by atoms with Gasteiger partial charge in [-0.05, 0) is 69.7 Å². The molecule has 1 saturated carbocycles. The van der Waals surface area contributed by atoms with Gasteiger partial charge in [-0.2, -0.15) is 26.7 Å². The summed E-state index contributed by atoms with van der Waals surface area (Å²) in [5.41, 5.74) is -1.68. The fourth-order valence-electron chi connectivity index (χ4n) is 5.84. The number of rotatable bonds is 8. The second kappa shape index (κ2) is 11.7. The maximum atomic E-state index is 13.5. The number of hydrogen-bond donors (Lipinski definition) is 1. The van der Waals surface area contributed by atoms with E-state index in [0.717, 1.165) is 6.42 Å². The number of halogens is 3. The van der Waals surface area contributed by atoms with Gasteiger partial charge < -0.3 is 9.64 Å². The van der Waals surface area contributed by atoms with Crippen molar-refractivity contribution in [1.82, 2.24) is 19.5 Å². The third kappa shape index (κ3) is 6.35. The maximum absolute atomic E-state index is 13.5. The van der Waals surface area contributed by atoms with Crippen LogP contribution in [0.5, 0.6) is 5.88 Å². The van der Waals surface area contributed by atoms with Gasteiger partial charge in [0.15, 0.2) is 5.82 Å². The van der Waals surface area contributed by atoms with E-state index in [1.807, 2.05) is 18.7 Å². The molecule has 2 aromatic heterocycles. The molecule has 9 nitrogen and oxygen atoms in total. The molecule has 43 heavy (non-hydrogen) atoms. The van der Waals surface area contributed by atoms with Crippen LogP contribution in [0.15, 0.2) is 53.6 Å². The molecule has 1 saturated heterocycles. The average Bonchev–Trinajstić information content (AvgIpc) is 3.44. The average molecular weight is 640 g/mol. The summed E-state index contributed by atoms with van der Waals surface area (Å²) in [5, 5.41) is 4.28. The number of pyridine rings is 1. The highest BCUT2D eigenvalue weighted by Gasteiger charge is 2.59. The highest BCUT2D eigenvalue weighted by Crippen LogP contribution is 2.53. The lowest BCUT2D eigenvalue weighted by atomic mass is 9.69.